The third-order valence-corrected chi connectivity index (χ3v) is 2.07. The Kier molecular flexibility index (Phi) is 3.22. The average molecular weight is 195 g/mol. The molecule has 0 amide bonds. The van der Waals surface area contributed by atoms with Crippen LogP contribution in [0.5, 0.6) is 0 Å². The molecule has 0 spiro atoms. The third-order valence-electron chi connectivity index (χ3n) is 2.07. The summed E-state index contributed by atoms with van der Waals surface area (Å²) < 4.78 is 4.49. The van der Waals surface area contributed by atoms with E-state index in [0.29, 0.717) is 5.56 Å². The van der Waals surface area contributed by atoms with E-state index < -0.39 is 11.6 Å². The molecule has 0 aliphatic carbocycles. The van der Waals surface area contributed by atoms with E-state index in [2.05, 4.69) is 4.74 Å². The van der Waals surface area contributed by atoms with Crippen LogP contribution in [-0.2, 0) is 15.1 Å². The fraction of sp³-hybridized carbons (Fsp3) is 0.300. The number of aliphatic hydroxyl groups is 1. The Balaban J connectivity index is 3.08. The van der Waals surface area contributed by atoms with E-state index in [9.17, 15) is 9.90 Å². The van der Waals surface area contributed by atoms with Crippen molar-refractivity contribution in [2.24, 2.45) is 5.73 Å². The largest absolute Gasteiger partial charge is 0.467 e. The average Bonchev–Trinajstić information content (AvgIpc) is 2.28. The second kappa shape index (κ2) is 4.21. The summed E-state index contributed by atoms with van der Waals surface area (Å²) in [6, 6.07) is 8.49. The van der Waals surface area contributed by atoms with Crippen molar-refractivity contribution in [1.29, 1.82) is 0 Å². The zero-order valence-electron chi connectivity index (χ0n) is 7.93. The van der Waals surface area contributed by atoms with Crippen LogP contribution in [0.2, 0.25) is 0 Å². The maximum atomic E-state index is 11.3. The molecule has 0 aliphatic rings. The number of hydrogen-bond acceptors (Lipinski definition) is 4. The van der Waals surface area contributed by atoms with Gasteiger partial charge in [-0.1, -0.05) is 30.3 Å². The highest BCUT2D eigenvalue weighted by atomic mass is 16.5. The fourth-order valence-corrected chi connectivity index (χ4v) is 1.20. The number of nitrogens with two attached hydrogens (primary N) is 1. The molecule has 4 nitrogen and oxygen atoms in total. The summed E-state index contributed by atoms with van der Waals surface area (Å²) >= 11 is 0. The van der Waals surface area contributed by atoms with Gasteiger partial charge < -0.3 is 15.6 Å². The van der Waals surface area contributed by atoms with Crippen molar-refractivity contribution in [3.63, 3.8) is 0 Å². The fourth-order valence-electron chi connectivity index (χ4n) is 1.20. The third kappa shape index (κ3) is 1.76. The van der Waals surface area contributed by atoms with Crippen LogP contribution >= 0.6 is 0 Å². The number of esters is 1. The number of hydrogen-bond donors (Lipinski definition) is 2. The Morgan fingerprint density at radius 3 is 2.50 bits per heavy atom. The topological polar surface area (TPSA) is 72.5 Å². The number of benzene rings is 1. The monoisotopic (exact) mass is 195 g/mol. The number of methoxy groups -OCH3 is 1. The summed E-state index contributed by atoms with van der Waals surface area (Å²) in [4.78, 5) is 11.3. The molecule has 4 heteroatoms. The summed E-state index contributed by atoms with van der Waals surface area (Å²) in [5.41, 5.74) is 4.06. The van der Waals surface area contributed by atoms with Crippen molar-refractivity contribution in [3.8, 4) is 0 Å². The van der Waals surface area contributed by atoms with Gasteiger partial charge in [-0.25, -0.2) is 4.79 Å². The maximum Gasteiger partial charge on any atom is 0.343 e. The molecule has 0 aliphatic heterocycles. The maximum absolute atomic E-state index is 11.3. The van der Waals surface area contributed by atoms with Crippen LogP contribution in [0.15, 0.2) is 30.3 Å². The van der Waals surface area contributed by atoms with E-state index in [0.717, 1.165) is 0 Å². The molecule has 0 radical (unpaired) electrons. The SMILES string of the molecule is COC(=O)[C@@](O)(CN)c1ccccc1. The van der Waals surface area contributed by atoms with Crippen molar-refractivity contribution in [3.05, 3.63) is 35.9 Å². The first kappa shape index (κ1) is 10.7. The molecule has 3 N–H and O–H groups in total. The first-order valence-corrected chi connectivity index (χ1v) is 4.21. The molecule has 0 aromatic heterocycles. The van der Waals surface area contributed by atoms with Crippen molar-refractivity contribution >= 4 is 5.97 Å². The first-order chi connectivity index (χ1) is 6.65. The number of carbonyl (C=O) groups excluding carboxylic acids is 1. The predicted octanol–water partition coefficient (Wildman–Crippen LogP) is 0.00590. The smallest absolute Gasteiger partial charge is 0.343 e. The van der Waals surface area contributed by atoms with Gasteiger partial charge in [-0.3, -0.25) is 0 Å². The van der Waals surface area contributed by atoms with Gasteiger partial charge in [0.2, 0.25) is 0 Å². The zero-order chi connectivity index (χ0) is 10.6. The quantitative estimate of drug-likeness (QED) is 0.666. The van der Waals surface area contributed by atoms with Crippen molar-refractivity contribution in [1.82, 2.24) is 0 Å². The standard InChI is InChI=1S/C10H13NO3/c1-14-9(12)10(13,7-11)8-5-3-2-4-6-8/h2-6,13H,7,11H2,1H3/t10-/m1/s1. The van der Waals surface area contributed by atoms with Crippen LogP contribution < -0.4 is 5.73 Å². The van der Waals surface area contributed by atoms with E-state index in [1.54, 1.807) is 30.3 Å². The van der Waals surface area contributed by atoms with Gasteiger partial charge in [0, 0.05) is 6.54 Å². The molecule has 0 unspecified atom stereocenters. The normalized spacial score (nSPS) is 14.5. The molecule has 0 saturated heterocycles. The molecule has 0 bridgehead atoms. The molecule has 0 heterocycles. The molecule has 1 aromatic rings. The molecular formula is C10H13NO3. The Bertz CT molecular complexity index is 312. The minimum atomic E-state index is -1.74. The van der Waals surface area contributed by atoms with Crippen LogP contribution in [0.3, 0.4) is 0 Å². The lowest BCUT2D eigenvalue weighted by Crippen LogP contribution is -2.43. The Hall–Kier alpha value is -1.39. The Morgan fingerprint density at radius 2 is 2.07 bits per heavy atom. The summed E-state index contributed by atoms with van der Waals surface area (Å²) in [5.74, 6) is -0.744. The van der Waals surface area contributed by atoms with E-state index in [-0.39, 0.29) is 6.54 Å². The van der Waals surface area contributed by atoms with Crippen LogP contribution in [0.25, 0.3) is 0 Å². The summed E-state index contributed by atoms with van der Waals surface area (Å²) in [7, 11) is 1.21. The van der Waals surface area contributed by atoms with E-state index in [1.807, 2.05) is 0 Å². The number of ether oxygens (including phenoxy) is 1. The molecule has 14 heavy (non-hydrogen) atoms. The lowest BCUT2D eigenvalue weighted by atomic mass is 9.94. The van der Waals surface area contributed by atoms with Crippen molar-refractivity contribution in [2.75, 3.05) is 13.7 Å². The molecule has 0 fully saturated rings. The highest BCUT2D eigenvalue weighted by Crippen LogP contribution is 2.20. The van der Waals surface area contributed by atoms with Gasteiger partial charge >= 0.3 is 5.97 Å². The van der Waals surface area contributed by atoms with E-state index >= 15 is 0 Å². The van der Waals surface area contributed by atoms with Crippen molar-refractivity contribution in [2.45, 2.75) is 5.60 Å². The van der Waals surface area contributed by atoms with Crippen LogP contribution in [0, 0.1) is 0 Å². The van der Waals surface area contributed by atoms with Gasteiger partial charge in [0.1, 0.15) is 0 Å². The molecule has 1 rings (SSSR count). The highest BCUT2D eigenvalue weighted by molar-refractivity contribution is 5.81. The van der Waals surface area contributed by atoms with Gasteiger partial charge in [-0.2, -0.15) is 0 Å². The van der Waals surface area contributed by atoms with Crippen LogP contribution in [0.4, 0.5) is 0 Å². The molecule has 1 atom stereocenters. The second-order valence-electron chi connectivity index (χ2n) is 2.92. The number of rotatable bonds is 3. The predicted molar refractivity (Wildman–Crippen MR) is 51.4 cm³/mol. The lowest BCUT2D eigenvalue weighted by Gasteiger charge is -2.23. The van der Waals surface area contributed by atoms with Gasteiger partial charge in [-0.15, -0.1) is 0 Å². The lowest BCUT2D eigenvalue weighted by molar-refractivity contribution is -0.162. The molecule has 76 valence electrons. The zero-order valence-corrected chi connectivity index (χ0v) is 7.93. The first-order valence-electron chi connectivity index (χ1n) is 4.21. The van der Waals surface area contributed by atoms with Gasteiger partial charge in [-0.05, 0) is 5.56 Å². The Labute approximate surface area is 82.3 Å². The summed E-state index contributed by atoms with van der Waals surface area (Å²) in [6.07, 6.45) is 0. The molecule has 0 saturated carbocycles. The molecule has 1 aromatic carbocycles. The van der Waals surface area contributed by atoms with Crippen molar-refractivity contribution < 1.29 is 14.6 Å². The highest BCUT2D eigenvalue weighted by Gasteiger charge is 2.37. The molecular weight excluding hydrogens is 182 g/mol. The van der Waals surface area contributed by atoms with Gasteiger partial charge in [0.05, 0.1) is 7.11 Å². The van der Waals surface area contributed by atoms with Crippen LogP contribution in [0.1, 0.15) is 5.56 Å². The minimum absolute atomic E-state index is 0.205. The van der Waals surface area contributed by atoms with Crippen LogP contribution in [-0.4, -0.2) is 24.7 Å². The Morgan fingerprint density at radius 1 is 1.50 bits per heavy atom. The second-order valence-corrected chi connectivity index (χ2v) is 2.92. The summed E-state index contributed by atoms with van der Waals surface area (Å²) in [5, 5.41) is 9.96. The van der Waals surface area contributed by atoms with Gasteiger partial charge in [0.15, 0.2) is 5.60 Å². The minimum Gasteiger partial charge on any atom is -0.467 e. The summed E-state index contributed by atoms with van der Waals surface area (Å²) in [6.45, 7) is -0.205. The number of carbonyl (C=O) groups is 1. The van der Waals surface area contributed by atoms with E-state index in [4.69, 9.17) is 5.73 Å². The van der Waals surface area contributed by atoms with Gasteiger partial charge in [0.25, 0.3) is 0 Å². The van der Waals surface area contributed by atoms with E-state index in [1.165, 1.54) is 7.11 Å².